The number of hydrogen-bond donors (Lipinski definition) is 1. The first-order chi connectivity index (χ1) is 6.89. The van der Waals surface area contributed by atoms with Gasteiger partial charge in [-0.1, -0.05) is 6.58 Å². The number of nitrogens with zero attached hydrogens (tertiary/aromatic N) is 1. The number of aliphatic hydroxyl groups is 1. The van der Waals surface area contributed by atoms with Gasteiger partial charge in [-0.05, 0) is 46.5 Å². The van der Waals surface area contributed by atoms with Gasteiger partial charge < -0.3 is 5.11 Å². The molecule has 2 atom stereocenters. The van der Waals surface area contributed by atoms with Crippen molar-refractivity contribution in [3.63, 3.8) is 0 Å². The maximum atomic E-state index is 9.52. The molecule has 2 saturated heterocycles. The molecule has 1 N–H and O–H groups in total. The lowest BCUT2D eigenvalue weighted by molar-refractivity contribution is 0.0217. The minimum Gasteiger partial charge on any atom is -0.513 e. The molecule has 0 aromatic carbocycles. The van der Waals surface area contributed by atoms with Crippen LogP contribution in [0.1, 0.15) is 46.5 Å². The molecular weight excluding hydrogens is 186 g/mol. The molecule has 0 amide bonds. The van der Waals surface area contributed by atoms with E-state index < -0.39 is 0 Å². The molecule has 2 rings (SSSR count). The summed E-state index contributed by atoms with van der Waals surface area (Å²) in [5.74, 6) is 0.751. The number of rotatable bonds is 1. The third-order valence-corrected chi connectivity index (χ3v) is 3.98. The third kappa shape index (κ3) is 1.92. The molecule has 2 unspecified atom stereocenters. The van der Waals surface area contributed by atoms with Crippen molar-refractivity contribution in [1.29, 1.82) is 0 Å². The zero-order valence-electron chi connectivity index (χ0n) is 10.2. The summed E-state index contributed by atoms with van der Waals surface area (Å²) in [6, 6.07) is 1.33. The molecule has 2 heterocycles. The van der Waals surface area contributed by atoms with Crippen LogP contribution in [0, 0.1) is 5.92 Å². The van der Waals surface area contributed by atoms with Gasteiger partial charge in [-0.25, -0.2) is 0 Å². The lowest BCUT2D eigenvalue weighted by Gasteiger charge is -2.46. The van der Waals surface area contributed by atoms with E-state index in [9.17, 15) is 5.11 Å². The smallest absolute Gasteiger partial charge is 0.0883 e. The first-order valence-corrected chi connectivity index (χ1v) is 6.06. The van der Waals surface area contributed by atoms with E-state index in [1.54, 1.807) is 0 Å². The highest BCUT2D eigenvalue weighted by atomic mass is 16.3. The molecule has 2 fully saturated rings. The molecule has 15 heavy (non-hydrogen) atoms. The van der Waals surface area contributed by atoms with Crippen LogP contribution in [0.2, 0.25) is 0 Å². The van der Waals surface area contributed by atoms with Gasteiger partial charge in [-0.2, -0.15) is 0 Å². The summed E-state index contributed by atoms with van der Waals surface area (Å²) >= 11 is 0. The predicted octanol–water partition coefficient (Wildman–Crippen LogP) is 3.10. The van der Waals surface area contributed by atoms with Gasteiger partial charge in [0.05, 0.1) is 5.76 Å². The zero-order valence-corrected chi connectivity index (χ0v) is 10.2. The van der Waals surface area contributed by atoms with Gasteiger partial charge >= 0.3 is 0 Å². The van der Waals surface area contributed by atoms with Crippen molar-refractivity contribution in [3.8, 4) is 0 Å². The van der Waals surface area contributed by atoms with Crippen LogP contribution in [-0.4, -0.2) is 27.6 Å². The van der Waals surface area contributed by atoms with Crippen LogP contribution in [0.15, 0.2) is 12.3 Å². The van der Waals surface area contributed by atoms with Crippen molar-refractivity contribution < 1.29 is 5.11 Å². The summed E-state index contributed by atoms with van der Waals surface area (Å²) in [6.07, 6.45) is 4.80. The molecule has 2 heteroatoms. The Hall–Kier alpha value is -0.500. The first-order valence-electron chi connectivity index (χ1n) is 6.06. The third-order valence-electron chi connectivity index (χ3n) is 3.98. The summed E-state index contributed by atoms with van der Waals surface area (Å²) in [4.78, 5) is 2.66. The molecule has 0 spiro atoms. The Balaban J connectivity index is 2.13. The van der Waals surface area contributed by atoms with Crippen LogP contribution in [0.4, 0.5) is 0 Å². The topological polar surface area (TPSA) is 23.5 Å². The van der Waals surface area contributed by atoms with Gasteiger partial charge in [0, 0.05) is 23.5 Å². The van der Waals surface area contributed by atoms with E-state index in [-0.39, 0.29) is 5.54 Å². The quantitative estimate of drug-likeness (QED) is 0.671. The molecule has 0 radical (unpaired) electrons. The highest BCUT2D eigenvalue weighted by Gasteiger charge is 2.45. The van der Waals surface area contributed by atoms with Gasteiger partial charge in [0.1, 0.15) is 0 Å². The summed E-state index contributed by atoms with van der Waals surface area (Å²) in [5.41, 5.74) is 0.271. The van der Waals surface area contributed by atoms with E-state index in [0.29, 0.717) is 23.8 Å². The maximum Gasteiger partial charge on any atom is 0.0883 e. The summed E-state index contributed by atoms with van der Waals surface area (Å²) in [5, 5.41) is 9.52. The monoisotopic (exact) mass is 209 g/mol. The Morgan fingerprint density at radius 1 is 1.20 bits per heavy atom. The molecule has 0 aliphatic carbocycles. The zero-order chi connectivity index (χ0) is 11.2. The Morgan fingerprint density at radius 2 is 1.67 bits per heavy atom. The van der Waals surface area contributed by atoms with Crippen molar-refractivity contribution in [1.82, 2.24) is 4.90 Å². The molecule has 0 aromatic heterocycles. The van der Waals surface area contributed by atoms with Crippen LogP contribution in [0.25, 0.3) is 0 Å². The van der Waals surface area contributed by atoms with Crippen molar-refractivity contribution in [2.75, 3.05) is 0 Å². The minimum absolute atomic E-state index is 0.271. The number of fused-ring (bicyclic) bond motifs is 2. The number of allylic oxidation sites excluding steroid dienone is 1. The van der Waals surface area contributed by atoms with E-state index in [1.165, 1.54) is 12.8 Å². The highest BCUT2D eigenvalue weighted by Crippen LogP contribution is 2.43. The average molecular weight is 209 g/mol. The standard InChI is InChI=1S/C13H23NO/c1-9(15)10-7-11-5-6-12(8-10)14(11)13(2,3)4/h10-12,15H,1,5-8H2,2-4H3. The number of piperidine rings is 1. The Labute approximate surface area is 93.0 Å². The normalized spacial score (nSPS) is 36.9. The largest absolute Gasteiger partial charge is 0.513 e. The second kappa shape index (κ2) is 3.51. The van der Waals surface area contributed by atoms with E-state index >= 15 is 0 Å². The molecule has 0 saturated carbocycles. The second-order valence-corrected chi connectivity index (χ2v) is 6.12. The SMILES string of the molecule is C=C(O)C1CC2CCC(C1)N2C(C)(C)C. The summed E-state index contributed by atoms with van der Waals surface area (Å²) in [7, 11) is 0. The Kier molecular flexibility index (Phi) is 2.58. The summed E-state index contributed by atoms with van der Waals surface area (Å²) < 4.78 is 0. The molecular formula is C13H23NO. The summed E-state index contributed by atoms with van der Waals surface area (Å²) in [6.45, 7) is 10.6. The van der Waals surface area contributed by atoms with Crippen LogP contribution >= 0.6 is 0 Å². The number of hydrogen-bond acceptors (Lipinski definition) is 2. The van der Waals surface area contributed by atoms with E-state index in [1.807, 2.05) is 0 Å². The van der Waals surface area contributed by atoms with Crippen LogP contribution in [0.5, 0.6) is 0 Å². The fourth-order valence-corrected chi connectivity index (χ4v) is 3.54. The van der Waals surface area contributed by atoms with Crippen molar-refractivity contribution in [3.05, 3.63) is 12.3 Å². The first kappa shape index (κ1) is 11.0. The Bertz CT molecular complexity index is 252. The highest BCUT2D eigenvalue weighted by molar-refractivity contribution is 5.05. The van der Waals surface area contributed by atoms with Gasteiger partial charge in [0.2, 0.25) is 0 Å². The molecule has 86 valence electrons. The van der Waals surface area contributed by atoms with E-state index in [4.69, 9.17) is 0 Å². The molecule has 2 aliphatic heterocycles. The number of aliphatic hydroxyl groups excluding tert-OH is 1. The van der Waals surface area contributed by atoms with Gasteiger partial charge in [0.25, 0.3) is 0 Å². The van der Waals surface area contributed by atoms with Crippen molar-refractivity contribution >= 4 is 0 Å². The molecule has 2 aliphatic rings. The predicted molar refractivity (Wildman–Crippen MR) is 62.9 cm³/mol. The fourth-order valence-electron chi connectivity index (χ4n) is 3.54. The van der Waals surface area contributed by atoms with E-state index in [0.717, 1.165) is 12.8 Å². The Morgan fingerprint density at radius 3 is 2.00 bits per heavy atom. The van der Waals surface area contributed by atoms with Gasteiger partial charge in [-0.3, -0.25) is 4.90 Å². The molecule has 0 aromatic rings. The lowest BCUT2D eigenvalue weighted by atomic mass is 9.86. The van der Waals surface area contributed by atoms with Crippen LogP contribution in [-0.2, 0) is 0 Å². The minimum atomic E-state index is 0.271. The second-order valence-electron chi connectivity index (χ2n) is 6.12. The van der Waals surface area contributed by atoms with Gasteiger partial charge in [0.15, 0.2) is 0 Å². The van der Waals surface area contributed by atoms with Crippen molar-refractivity contribution in [2.45, 2.75) is 64.1 Å². The van der Waals surface area contributed by atoms with E-state index in [2.05, 4.69) is 32.3 Å². The molecule has 2 nitrogen and oxygen atoms in total. The van der Waals surface area contributed by atoms with Gasteiger partial charge in [-0.15, -0.1) is 0 Å². The average Bonchev–Trinajstić information content (AvgIpc) is 2.37. The maximum absolute atomic E-state index is 9.52. The van der Waals surface area contributed by atoms with Crippen LogP contribution < -0.4 is 0 Å². The van der Waals surface area contributed by atoms with Crippen molar-refractivity contribution in [2.24, 2.45) is 5.92 Å². The van der Waals surface area contributed by atoms with Crippen LogP contribution in [0.3, 0.4) is 0 Å². The lowest BCUT2D eigenvalue weighted by Crippen LogP contribution is -2.52. The fraction of sp³-hybridized carbons (Fsp3) is 0.846. The molecule has 2 bridgehead atoms.